The lowest BCUT2D eigenvalue weighted by molar-refractivity contribution is -0.129. The molecule has 166 valence electrons. The summed E-state index contributed by atoms with van der Waals surface area (Å²) in [5, 5.41) is 12.1. The Balaban J connectivity index is 1.97. The van der Waals surface area contributed by atoms with Gasteiger partial charge in [-0.3, -0.25) is 9.59 Å². The van der Waals surface area contributed by atoms with E-state index < -0.39 is 17.7 Å². The highest BCUT2D eigenvalue weighted by atomic mass is 35.5. The van der Waals surface area contributed by atoms with Gasteiger partial charge in [0, 0.05) is 11.6 Å². The fourth-order valence-corrected chi connectivity index (χ4v) is 4.98. The number of nitrogens with zero attached hydrogens (tertiary/aromatic N) is 3. The molecule has 1 aliphatic rings. The van der Waals surface area contributed by atoms with E-state index in [0.29, 0.717) is 22.1 Å². The number of carbonyl (C=O) groups is 2. The number of hydrogen-bond donors (Lipinski definition) is 1. The van der Waals surface area contributed by atoms with Gasteiger partial charge in [0.15, 0.2) is 5.76 Å². The van der Waals surface area contributed by atoms with Crippen LogP contribution in [-0.2, 0) is 4.79 Å². The molecule has 0 fully saturated rings. The number of ketones is 1. The van der Waals surface area contributed by atoms with Gasteiger partial charge in [0.25, 0.3) is 5.91 Å². The quantitative estimate of drug-likeness (QED) is 0.547. The van der Waals surface area contributed by atoms with Gasteiger partial charge in [0.05, 0.1) is 27.2 Å². The second kappa shape index (κ2) is 9.94. The normalized spacial score (nSPS) is 16.6. The van der Waals surface area contributed by atoms with Crippen molar-refractivity contribution in [1.29, 1.82) is 0 Å². The van der Waals surface area contributed by atoms with Gasteiger partial charge in [0.2, 0.25) is 5.78 Å². The number of carbonyl (C=O) groups excluding carboxylic acids is 2. The van der Waals surface area contributed by atoms with Crippen molar-refractivity contribution in [2.45, 2.75) is 40.2 Å². The van der Waals surface area contributed by atoms with E-state index in [1.54, 1.807) is 36.1 Å². The van der Waals surface area contributed by atoms with Crippen molar-refractivity contribution in [3.8, 4) is 0 Å². The van der Waals surface area contributed by atoms with Crippen molar-refractivity contribution in [2.24, 2.45) is 0 Å². The molecule has 1 aliphatic heterocycles. The number of aliphatic hydroxyl groups excluding tert-OH is 1. The molecule has 2 aromatic rings. The van der Waals surface area contributed by atoms with Crippen LogP contribution in [0.2, 0.25) is 5.02 Å². The van der Waals surface area contributed by atoms with Crippen LogP contribution in [-0.4, -0.2) is 57.8 Å². The molecule has 3 rings (SSSR count). The fraction of sp³-hybridized carbons (Fsp3) is 0.435. The molecule has 0 aliphatic carbocycles. The topological polar surface area (TPSA) is 73.7 Å². The molecule has 1 amide bonds. The summed E-state index contributed by atoms with van der Waals surface area (Å²) in [6.45, 7) is 10.9. The van der Waals surface area contributed by atoms with E-state index in [4.69, 9.17) is 11.6 Å². The van der Waals surface area contributed by atoms with Gasteiger partial charge in [-0.25, -0.2) is 4.98 Å². The van der Waals surface area contributed by atoms with E-state index in [0.717, 1.165) is 36.6 Å². The lowest BCUT2D eigenvalue weighted by Gasteiger charge is -2.28. The van der Waals surface area contributed by atoms with E-state index >= 15 is 0 Å². The fourth-order valence-electron chi connectivity index (χ4n) is 3.98. The van der Waals surface area contributed by atoms with Crippen molar-refractivity contribution < 1.29 is 14.7 Å². The van der Waals surface area contributed by atoms with Crippen LogP contribution in [0.15, 0.2) is 35.6 Å². The highest BCUT2D eigenvalue weighted by Gasteiger charge is 2.44. The van der Waals surface area contributed by atoms with E-state index in [9.17, 15) is 14.7 Å². The SMILES string of the molecule is CCN(CC)CCCN1C(=O)C(O)=C(C(=O)c2sc(C)nc2C)[C@@H]1c1ccc(Cl)cc1. The van der Waals surface area contributed by atoms with Crippen LogP contribution in [0.1, 0.15) is 52.2 Å². The molecular formula is C23H28ClN3O3S. The molecule has 0 spiro atoms. The number of rotatable bonds is 9. The first kappa shape index (κ1) is 23.4. The molecule has 31 heavy (non-hydrogen) atoms. The van der Waals surface area contributed by atoms with Crippen LogP contribution >= 0.6 is 22.9 Å². The van der Waals surface area contributed by atoms with Gasteiger partial charge < -0.3 is 14.9 Å². The predicted molar refractivity (Wildman–Crippen MR) is 124 cm³/mol. The van der Waals surface area contributed by atoms with Crippen molar-refractivity contribution in [1.82, 2.24) is 14.8 Å². The maximum atomic E-state index is 13.4. The smallest absolute Gasteiger partial charge is 0.290 e. The number of halogens is 1. The third-order valence-corrected chi connectivity index (χ3v) is 6.94. The molecule has 0 radical (unpaired) electrons. The molecule has 0 unspecified atom stereocenters. The van der Waals surface area contributed by atoms with Crippen molar-refractivity contribution in [3.63, 3.8) is 0 Å². The highest BCUT2D eigenvalue weighted by Crippen LogP contribution is 2.40. The minimum atomic E-state index is -0.657. The Morgan fingerprint density at radius 1 is 1.23 bits per heavy atom. The maximum absolute atomic E-state index is 13.4. The summed E-state index contributed by atoms with van der Waals surface area (Å²) < 4.78 is 0. The second-order valence-corrected chi connectivity index (χ2v) is 9.21. The Bertz CT molecular complexity index is 996. The van der Waals surface area contributed by atoms with Crippen molar-refractivity contribution >= 4 is 34.6 Å². The molecule has 1 aromatic carbocycles. The molecule has 1 atom stereocenters. The first-order valence-electron chi connectivity index (χ1n) is 10.5. The van der Waals surface area contributed by atoms with Gasteiger partial charge >= 0.3 is 0 Å². The standard InChI is InChI=1S/C23H28ClN3O3S/c1-5-26(6-2)12-7-13-27-19(16-8-10-17(24)11-9-16)18(21(29)23(27)30)20(28)22-14(3)25-15(4)31-22/h8-11,19,29H,5-7,12-13H2,1-4H3/t19-/m0/s1. The van der Waals surface area contributed by atoms with E-state index in [-0.39, 0.29) is 11.4 Å². The van der Waals surface area contributed by atoms with Crippen LogP contribution in [0.25, 0.3) is 0 Å². The maximum Gasteiger partial charge on any atom is 0.290 e. The van der Waals surface area contributed by atoms with Crippen LogP contribution in [0.5, 0.6) is 0 Å². The molecule has 0 saturated carbocycles. The summed E-state index contributed by atoms with van der Waals surface area (Å²) in [5.74, 6) is -1.33. The molecule has 6 nitrogen and oxygen atoms in total. The second-order valence-electron chi connectivity index (χ2n) is 7.57. The summed E-state index contributed by atoms with van der Waals surface area (Å²) in [6, 6.07) is 6.41. The van der Waals surface area contributed by atoms with E-state index in [1.807, 2.05) is 6.92 Å². The average molecular weight is 462 g/mol. The number of amides is 1. The molecule has 1 N–H and O–H groups in total. The zero-order valence-corrected chi connectivity index (χ0v) is 19.9. The van der Waals surface area contributed by atoms with Gasteiger partial charge in [-0.1, -0.05) is 37.6 Å². The van der Waals surface area contributed by atoms with Gasteiger partial charge in [-0.2, -0.15) is 0 Å². The molecular weight excluding hydrogens is 434 g/mol. The predicted octanol–water partition coefficient (Wildman–Crippen LogP) is 4.72. The molecule has 8 heteroatoms. The van der Waals surface area contributed by atoms with Crippen LogP contribution in [0.4, 0.5) is 0 Å². The summed E-state index contributed by atoms with van der Waals surface area (Å²) in [4.78, 5) is 35.1. The Labute approximate surface area is 192 Å². The number of Topliss-reactive ketones (excluding diaryl/α,β-unsaturated/α-hetero) is 1. The number of hydrogen-bond acceptors (Lipinski definition) is 6. The lowest BCUT2D eigenvalue weighted by atomic mass is 9.95. The number of aliphatic hydroxyl groups is 1. The summed E-state index contributed by atoms with van der Waals surface area (Å²) in [5.41, 5.74) is 1.46. The zero-order valence-electron chi connectivity index (χ0n) is 18.3. The van der Waals surface area contributed by atoms with E-state index in [2.05, 4.69) is 23.7 Å². The lowest BCUT2D eigenvalue weighted by Crippen LogP contribution is -2.34. The Kier molecular flexibility index (Phi) is 7.51. The first-order chi connectivity index (χ1) is 14.8. The Morgan fingerprint density at radius 3 is 2.42 bits per heavy atom. The zero-order chi connectivity index (χ0) is 22.7. The van der Waals surface area contributed by atoms with Gasteiger partial charge in [-0.05, 0) is 57.6 Å². The van der Waals surface area contributed by atoms with Crippen LogP contribution in [0, 0.1) is 13.8 Å². The molecule has 1 aromatic heterocycles. The largest absolute Gasteiger partial charge is 0.503 e. The summed E-state index contributed by atoms with van der Waals surface area (Å²) in [6.07, 6.45) is 0.741. The summed E-state index contributed by atoms with van der Waals surface area (Å²) in [7, 11) is 0. The Hall–Kier alpha value is -2.22. The average Bonchev–Trinajstić information content (AvgIpc) is 3.21. The van der Waals surface area contributed by atoms with Crippen LogP contribution in [0.3, 0.4) is 0 Å². The highest BCUT2D eigenvalue weighted by molar-refractivity contribution is 7.14. The molecule has 2 heterocycles. The monoisotopic (exact) mass is 461 g/mol. The number of benzene rings is 1. The minimum Gasteiger partial charge on any atom is -0.503 e. The Morgan fingerprint density at radius 2 is 1.87 bits per heavy atom. The van der Waals surface area contributed by atoms with Crippen molar-refractivity contribution in [3.05, 3.63) is 61.8 Å². The molecule has 0 bridgehead atoms. The van der Waals surface area contributed by atoms with Crippen molar-refractivity contribution in [2.75, 3.05) is 26.2 Å². The summed E-state index contributed by atoms with van der Waals surface area (Å²) >= 11 is 7.34. The van der Waals surface area contributed by atoms with E-state index in [1.165, 1.54) is 11.3 Å². The molecule has 0 saturated heterocycles. The van der Waals surface area contributed by atoms with Gasteiger partial charge in [-0.15, -0.1) is 11.3 Å². The minimum absolute atomic E-state index is 0.113. The van der Waals surface area contributed by atoms with Gasteiger partial charge in [0.1, 0.15) is 0 Å². The number of aromatic nitrogens is 1. The third-order valence-electron chi connectivity index (χ3n) is 5.61. The third kappa shape index (κ3) is 4.84. The van der Waals surface area contributed by atoms with Crippen LogP contribution < -0.4 is 0 Å². The number of thiazole rings is 1. The first-order valence-corrected chi connectivity index (χ1v) is 11.7. The number of aryl methyl sites for hydroxylation is 2.